The van der Waals surface area contributed by atoms with E-state index < -0.39 is 11.9 Å². The van der Waals surface area contributed by atoms with E-state index in [1.807, 2.05) is 25.1 Å². The fraction of sp³-hybridized carbons (Fsp3) is 0.208. The molecule has 7 nitrogen and oxygen atoms in total. The Morgan fingerprint density at radius 2 is 1.97 bits per heavy atom. The van der Waals surface area contributed by atoms with Crippen molar-refractivity contribution in [1.29, 1.82) is 0 Å². The number of ether oxygens (including phenoxy) is 2. The number of hydrazone groups is 1. The Kier molecular flexibility index (Phi) is 8.46. The van der Waals surface area contributed by atoms with Crippen LogP contribution in [0.5, 0.6) is 11.5 Å². The van der Waals surface area contributed by atoms with Crippen molar-refractivity contribution >= 4 is 50.0 Å². The highest BCUT2D eigenvalue weighted by atomic mass is 79.9. The van der Waals surface area contributed by atoms with Gasteiger partial charge in [-0.1, -0.05) is 41.9 Å². The molecule has 3 rings (SSSR count). The quantitative estimate of drug-likeness (QED) is 0.154. The van der Waals surface area contributed by atoms with E-state index in [0.29, 0.717) is 15.8 Å². The minimum absolute atomic E-state index is 0.0649. The van der Waals surface area contributed by atoms with Gasteiger partial charge >= 0.3 is 5.97 Å². The zero-order valence-corrected chi connectivity index (χ0v) is 21.4. The highest BCUT2D eigenvalue weighted by Gasteiger charge is 2.17. The van der Waals surface area contributed by atoms with Crippen molar-refractivity contribution in [3.8, 4) is 11.5 Å². The Labute approximate surface area is 208 Å². The predicted octanol–water partition coefficient (Wildman–Crippen LogP) is 5.98. The molecule has 1 N–H and O–H groups in total. The largest absolute Gasteiger partial charge is 0.483 e. The molecule has 1 heterocycles. The smallest absolute Gasteiger partial charge is 0.379 e. The fourth-order valence-electron chi connectivity index (χ4n) is 2.91. The van der Waals surface area contributed by atoms with Gasteiger partial charge in [0.1, 0.15) is 5.75 Å². The molecule has 33 heavy (non-hydrogen) atoms. The van der Waals surface area contributed by atoms with Gasteiger partial charge in [0.2, 0.25) is 5.76 Å². The van der Waals surface area contributed by atoms with Crippen molar-refractivity contribution in [3.05, 3.63) is 80.1 Å². The maximum atomic E-state index is 12.3. The highest BCUT2D eigenvalue weighted by molar-refractivity contribution is 9.11. The fourth-order valence-corrected chi connectivity index (χ4v) is 4.25. The number of nitrogens with one attached hydrogen (secondary N) is 1. The molecule has 0 aliphatic heterocycles. The molecule has 0 saturated carbocycles. The average molecular weight is 578 g/mol. The van der Waals surface area contributed by atoms with Crippen LogP contribution in [0, 0.1) is 6.92 Å². The Morgan fingerprint density at radius 1 is 1.18 bits per heavy atom. The third-order valence-electron chi connectivity index (χ3n) is 4.50. The van der Waals surface area contributed by atoms with Gasteiger partial charge in [-0.15, -0.1) is 0 Å². The molecule has 1 amide bonds. The van der Waals surface area contributed by atoms with Gasteiger partial charge in [-0.3, -0.25) is 4.79 Å². The van der Waals surface area contributed by atoms with E-state index in [-0.39, 0.29) is 24.0 Å². The van der Waals surface area contributed by atoms with Crippen LogP contribution in [-0.2, 0) is 4.79 Å². The lowest BCUT2D eigenvalue weighted by atomic mass is 10.0. The summed E-state index contributed by atoms with van der Waals surface area (Å²) in [7, 11) is 0. The van der Waals surface area contributed by atoms with Crippen molar-refractivity contribution in [1.82, 2.24) is 5.43 Å². The second kappa shape index (κ2) is 11.3. The summed E-state index contributed by atoms with van der Waals surface area (Å²) in [6.45, 7) is 5.90. The Hall–Kier alpha value is -2.91. The van der Waals surface area contributed by atoms with E-state index in [2.05, 4.69) is 56.2 Å². The lowest BCUT2D eigenvalue weighted by Crippen LogP contribution is -2.25. The van der Waals surface area contributed by atoms with Crippen molar-refractivity contribution < 1.29 is 23.5 Å². The van der Waals surface area contributed by atoms with Crippen molar-refractivity contribution in [2.75, 3.05) is 6.61 Å². The van der Waals surface area contributed by atoms with E-state index in [1.165, 1.54) is 18.5 Å². The number of hydrogen-bond donors (Lipinski definition) is 1. The molecule has 0 radical (unpaired) electrons. The summed E-state index contributed by atoms with van der Waals surface area (Å²) in [6, 6.07) is 12.4. The van der Waals surface area contributed by atoms with Crippen LogP contribution in [0.15, 0.2) is 67.2 Å². The SMILES string of the molecule is Cc1ccc(C(C)C)c(OCC(=O)NN=Cc2cc(Br)cc(Br)c2OC(=O)c2ccco2)c1. The van der Waals surface area contributed by atoms with Crippen molar-refractivity contribution in [2.24, 2.45) is 5.10 Å². The molecule has 0 saturated heterocycles. The molecule has 0 aliphatic rings. The number of carbonyl (C=O) groups excluding carboxylic acids is 2. The second-order valence-corrected chi connectivity index (χ2v) is 9.22. The van der Waals surface area contributed by atoms with Gasteiger partial charge in [0.05, 0.1) is 17.0 Å². The Bertz CT molecular complexity index is 1170. The van der Waals surface area contributed by atoms with Gasteiger partial charge in [-0.2, -0.15) is 5.10 Å². The van der Waals surface area contributed by atoms with Crippen LogP contribution >= 0.6 is 31.9 Å². The number of esters is 1. The van der Waals surface area contributed by atoms with Gasteiger partial charge in [0.25, 0.3) is 5.91 Å². The molecule has 3 aromatic rings. The van der Waals surface area contributed by atoms with Crippen LogP contribution in [0.3, 0.4) is 0 Å². The molecule has 0 spiro atoms. The predicted molar refractivity (Wildman–Crippen MR) is 132 cm³/mol. The molecule has 0 aliphatic carbocycles. The first-order valence-corrected chi connectivity index (χ1v) is 11.6. The summed E-state index contributed by atoms with van der Waals surface area (Å²) in [5.41, 5.74) is 4.96. The monoisotopic (exact) mass is 576 g/mol. The number of hydrogen-bond acceptors (Lipinski definition) is 6. The van der Waals surface area contributed by atoms with E-state index in [4.69, 9.17) is 13.9 Å². The summed E-state index contributed by atoms with van der Waals surface area (Å²) in [5, 5.41) is 3.98. The molecule has 0 unspecified atom stereocenters. The third-order valence-corrected chi connectivity index (χ3v) is 5.54. The molecule has 0 bridgehead atoms. The zero-order valence-electron chi connectivity index (χ0n) is 18.2. The number of halogens is 2. The van der Waals surface area contributed by atoms with E-state index in [9.17, 15) is 9.59 Å². The molecule has 0 fully saturated rings. The Morgan fingerprint density at radius 3 is 2.67 bits per heavy atom. The summed E-state index contributed by atoms with van der Waals surface area (Å²) in [5.74, 6) is 0.149. The molecule has 1 aromatic heterocycles. The van der Waals surface area contributed by atoms with Crippen molar-refractivity contribution in [2.45, 2.75) is 26.7 Å². The van der Waals surface area contributed by atoms with Gasteiger partial charge in [-0.05, 0) is 70.2 Å². The van der Waals surface area contributed by atoms with Gasteiger partial charge in [0.15, 0.2) is 12.4 Å². The molecule has 2 aromatic carbocycles. The van der Waals surface area contributed by atoms with Crippen LogP contribution in [0.1, 0.15) is 47.0 Å². The minimum Gasteiger partial charge on any atom is -0.483 e. The van der Waals surface area contributed by atoms with Crippen LogP contribution < -0.4 is 14.9 Å². The highest BCUT2D eigenvalue weighted by Crippen LogP contribution is 2.33. The number of aryl methyl sites for hydroxylation is 1. The van der Waals surface area contributed by atoms with E-state index >= 15 is 0 Å². The summed E-state index contributed by atoms with van der Waals surface area (Å²) in [4.78, 5) is 24.5. The second-order valence-electron chi connectivity index (χ2n) is 7.45. The average Bonchev–Trinajstić information content (AvgIpc) is 3.29. The molecule has 0 atom stereocenters. The molecule has 9 heteroatoms. The Balaban J connectivity index is 1.67. The van der Waals surface area contributed by atoms with Gasteiger partial charge < -0.3 is 13.9 Å². The lowest BCUT2D eigenvalue weighted by molar-refractivity contribution is -0.123. The molecule has 172 valence electrons. The number of amides is 1. The van der Waals surface area contributed by atoms with Crippen LogP contribution in [0.25, 0.3) is 0 Å². The van der Waals surface area contributed by atoms with Crippen LogP contribution in [0.2, 0.25) is 0 Å². The van der Waals surface area contributed by atoms with Gasteiger partial charge in [-0.25, -0.2) is 10.2 Å². The zero-order chi connectivity index (χ0) is 24.0. The standard InChI is InChI=1S/C24H22Br2N2O5/c1-14(2)18-7-6-15(3)9-21(18)32-13-22(29)28-27-12-16-10-17(25)11-19(26)23(16)33-24(30)20-5-4-8-31-20/h4-12,14H,13H2,1-3H3,(H,28,29). The number of rotatable bonds is 8. The minimum atomic E-state index is -0.658. The summed E-state index contributed by atoms with van der Waals surface area (Å²) in [6.07, 6.45) is 2.76. The topological polar surface area (TPSA) is 90.1 Å². The number of furan rings is 1. The normalized spacial score (nSPS) is 11.1. The first-order valence-electron chi connectivity index (χ1n) is 10.0. The molecular weight excluding hydrogens is 556 g/mol. The maximum absolute atomic E-state index is 12.3. The van der Waals surface area contributed by atoms with E-state index in [1.54, 1.807) is 18.2 Å². The van der Waals surface area contributed by atoms with Crippen LogP contribution in [-0.4, -0.2) is 24.7 Å². The first-order chi connectivity index (χ1) is 15.7. The molecular formula is C24H22Br2N2O5. The first kappa shape index (κ1) is 24.7. The number of benzene rings is 2. The van der Waals surface area contributed by atoms with Crippen molar-refractivity contribution in [3.63, 3.8) is 0 Å². The van der Waals surface area contributed by atoms with Crippen LogP contribution in [0.4, 0.5) is 0 Å². The number of nitrogens with zero attached hydrogens (tertiary/aromatic N) is 1. The summed E-state index contributed by atoms with van der Waals surface area (Å²) >= 11 is 6.77. The lowest BCUT2D eigenvalue weighted by Gasteiger charge is -2.14. The van der Waals surface area contributed by atoms with E-state index in [0.717, 1.165) is 15.6 Å². The summed E-state index contributed by atoms with van der Waals surface area (Å²) < 4.78 is 17.5. The third kappa shape index (κ3) is 6.79. The maximum Gasteiger partial charge on any atom is 0.379 e. The number of carbonyl (C=O) groups is 2. The van der Waals surface area contributed by atoms with Gasteiger partial charge in [0, 0.05) is 10.0 Å².